The number of aliphatic hydroxyl groups excluding tert-OH is 3. The molecule has 0 aromatic carbocycles. The molecule has 1 aliphatic heterocycles. The van der Waals surface area contributed by atoms with Gasteiger partial charge in [0.15, 0.2) is 0 Å². The van der Waals surface area contributed by atoms with E-state index in [2.05, 4.69) is 4.98 Å². The molecule has 7 nitrogen and oxygen atoms in total. The number of hydrogen-bond acceptors (Lipinski definition) is 7. The van der Waals surface area contributed by atoms with Crippen LogP contribution < -0.4 is 5.73 Å². The molecule has 0 radical (unpaired) electrons. The van der Waals surface area contributed by atoms with Gasteiger partial charge in [0.2, 0.25) is 0 Å². The molecule has 17 heavy (non-hydrogen) atoms. The Morgan fingerprint density at radius 1 is 1.53 bits per heavy atom. The lowest BCUT2D eigenvalue weighted by atomic mass is 10.1. The Bertz CT molecular complexity index is 424. The number of hydrogen-bond donors (Lipinski definition) is 5. The first-order valence-corrected chi connectivity index (χ1v) is 5.84. The van der Waals surface area contributed by atoms with E-state index in [9.17, 15) is 10.2 Å². The van der Waals surface area contributed by atoms with E-state index < -0.39 is 24.4 Å². The Morgan fingerprint density at radius 3 is 2.71 bits per heavy atom. The first kappa shape index (κ1) is 12.4. The summed E-state index contributed by atoms with van der Waals surface area (Å²) in [5.74, 6) is -0.167. The van der Waals surface area contributed by atoms with Gasteiger partial charge in [-0.1, -0.05) is 0 Å². The summed E-state index contributed by atoms with van der Waals surface area (Å²) in [4.78, 5) is 4.04. The Labute approximate surface area is 101 Å². The highest BCUT2D eigenvalue weighted by Crippen LogP contribution is 2.34. The monoisotopic (exact) mass is 259 g/mol. The number of ether oxygens (including phenoxy) is 1. The van der Waals surface area contributed by atoms with Crippen LogP contribution >= 0.6 is 11.3 Å². The van der Waals surface area contributed by atoms with E-state index in [1.54, 1.807) is 5.38 Å². The molecule has 8 heteroatoms. The average molecular weight is 259 g/mol. The number of nitrogens with one attached hydrogen (secondary N) is 1. The third-order valence-corrected chi connectivity index (χ3v) is 3.49. The molecule has 2 heterocycles. The van der Waals surface area contributed by atoms with Gasteiger partial charge >= 0.3 is 0 Å². The number of nitrogen functional groups attached to an aromatic ring is 1. The molecule has 1 aromatic heterocycles. The van der Waals surface area contributed by atoms with Gasteiger partial charge in [-0.25, -0.2) is 4.98 Å². The minimum absolute atomic E-state index is 0.167. The zero-order chi connectivity index (χ0) is 12.6. The molecule has 1 unspecified atom stereocenters. The summed E-state index contributed by atoms with van der Waals surface area (Å²) in [7, 11) is 0. The second-order valence-electron chi connectivity index (χ2n) is 3.74. The highest BCUT2D eigenvalue weighted by atomic mass is 32.1. The van der Waals surface area contributed by atoms with Gasteiger partial charge in [-0.2, -0.15) is 0 Å². The Balaban J connectivity index is 2.19. The number of rotatable bonds is 3. The fourth-order valence-electron chi connectivity index (χ4n) is 1.65. The molecule has 94 valence electrons. The highest BCUT2D eigenvalue weighted by Gasteiger charge is 2.44. The summed E-state index contributed by atoms with van der Waals surface area (Å²) in [6.07, 6.45) is -3.90. The summed E-state index contributed by atoms with van der Waals surface area (Å²) in [5, 5.41) is 37.5. The van der Waals surface area contributed by atoms with Crippen LogP contribution in [0.3, 0.4) is 0 Å². The van der Waals surface area contributed by atoms with E-state index in [1.807, 2.05) is 0 Å². The van der Waals surface area contributed by atoms with Crippen LogP contribution in [0.5, 0.6) is 0 Å². The van der Waals surface area contributed by atoms with Gasteiger partial charge in [-0.05, 0) is 0 Å². The largest absolute Gasteiger partial charge is 0.394 e. The van der Waals surface area contributed by atoms with Crippen molar-refractivity contribution in [3.63, 3.8) is 0 Å². The van der Waals surface area contributed by atoms with Crippen LogP contribution in [0.15, 0.2) is 5.38 Å². The van der Waals surface area contributed by atoms with Gasteiger partial charge in [0, 0.05) is 5.38 Å². The lowest BCUT2D eigenvalue weighted by Gasteiger charge is -2.11. The minimum Gasteiger partial charge on any atom is -0.394 e. The quantitative estimate of drug-likeness (QED) is 0.334. The first-order valence-electron chi connectivity index (χ1n) is 4.97. The van der Waals surface area contributed by atoms with Crippen molar-refractivity contribution in [2.75, 3.05) is 6.61 Å². The first-order chi connectivity index (χ1) is 8.04. The molecule has 0 amide bonds. The third kappa shape index (κ3) is 2.17. The standard InChI is InChI=1S/C9H13N3O4S/c10-8(11)3-2-17-9(12-3)7-6(15)5(14)4(1-13)16-7/h2,4-7,13-15H,1H2,(H3,10,11)/t4-,5-,6-,7?/m1/s1. The molecular formula is C9H13N3O4S. The summed E-state index contributed by atoms with van der Waals surface area (Å²) in [6, 6.07) is 0. The van der Waals surface area contributed by atoms with Crippen LogP contribution in [0.4, 0.5) is 0 Å². The molecule has 1 aromatic rings. The smallest absolute Gasteiger partial charge is 0.142 e. The number of aliphatic hydroxyl groups is 3. The molecular weight excluding hydrogens is 246 g/mol. The molecule has 0 aliphatic carbocycles. The summed E-state index contributed by atoms with van der Waals surface area (Å²) in [6.45, 7) is -0.375. The van der Waals surface area contributed by atoms with E-state index in [1.165, 1.54) is 11.3 Å². The van der Waals surface area contributed by atoms with Crippen molar-refractivity contribution in [2.24, 2.45) is 5.73 Å². The van der Waals surface area contributed by atoms with Gasteiger partial charge in [0.25, 0.3) is 0 Å². The maximum Gasteiger partial charge on any atom is 0.142 e. The van der Waals surface area contributed by atoms with Crippen molar-refractivity contribution in [1.82, 2.24) is 4.98 Å². The molecule has 0 spiro atoms. The van der Waals surface area contributed by atoms with E-state index in [-0.39, 0.29) is 12.4 Å². The summed E-state index contributed by atoms with van der Waals surface area (Å²) in [5.41, 5.74) is 5.58. The van der Waals surface area contributed by atoms with Gasteiger partial charge in [-0.15, -0.1) is 11.3 Å². The molecule has 2 rings (SSSR count). The topological polar surface area (TPSA) is 133 Å². The lowest BCUT2D eigenvalue weighted by molar-refractivity contribution is -0.0228. The number of amidine groups is 1. The maximum absolute atomic E-state index is 9.76. The van der Waals surface area contributed by atoms with Crippen molar-refractivity contribution in [2.45, 2.75) is 24.4 Å². The molecule has 1 saturated heterocycles. The number of aromatic nitrogens is 1. The predicted octanol–water partition coefficient (Wildman–Crippen LogP) is -1.42. The van der Waals surface area contributed by atoms with Gasteiger partial charge in [0.1, 0.15) is 41.0 Å². The van der Waals surface area contributed by atoms with E-state index in [0.29, 0.717) is 10.7 Å². The zero-order valence-corrected chi connectivity index (χ0v) is 9.59. The van der Waals surface area contributed by atoms with Crippen LogP contribution in [-0.4, -0.2) is 51.1 Å². The van der Waals surface area contributed by atoms with Gasteiger partial charge in [0.05, 0.1) is 6.61 Å². The molecule has 6 N–H and O–H groups in total. The third-order valence-electron chi connectivity index (χ3n) is 2.58. The Kier molecular flexibility index (Phi) is 3.40. The average Bonchev–Trinajstić information content (AvgIpc) is 2.87. The van der Waals surface area contributed by atoms with Crippen molar-refractivity contribution in [3.8, 4) is 0 Å². The number of thiazole rings is 1. The molecule has 4 atom stereocenters. The summed E-state index contributed by atoms with van der Waals surface area (Å²) >= 11 is 1.18. The minimum atomic E-state index is -1.14. The second-order valence-corrected chi connectivity index (χ2v) is 4.63. The fourth-order valence-corrected chi connectivity index (χ4v) is 2.54. The van der Waals surface area contributed by atoms with Crippen molar-refractivity contribution >= 4 is 17.2 Å². The molecule has 0 saturated carbocycles. The highest BCUT2D eigenvalue weighted by molar-refractivity contribution is 7.09. The van der Waals surface area contributed by atoms with Gasteiger partial charge in [-0.3, -0.25) is 5.41 Å². The Morgan fingerprint density at radius 2 is 2.24 bits per heavy atom. The van der Waals surface area contributed by atoms with E-state index >= 15 is 0 Å². The SMILES string of the molecule is N=C(N)c1csc(C2O[C@H](CO)[C@@H](O)[C@H]2O)n1. The fraction of sp³-hybridized carbons (Fsp3) is 0.556. The maximum atomic E-state index is 9.76. The second kappa shape index (κ2) is 4.67. The van der Waals surface area contributed by atoms with Crippen LogP contribution in [0.1, 0.15) is 16.8 Å². The lowest BCUT2D eigenvalue weighted by Crippen LogP contribution is -2.32. The Hall–Kier alpha value is -1.06. The van der Waals surface area contributed by atoms with E-state index in [0.717, 1.165) is 0 Å². The number of nitrogens with zero attached hydrogens (tertiary/aromatic N) is 1. The van der Waals surface area contributed by atoms with Crippen LogP contribution in [-0.2, 0) is 4.74 Å². The van der Waals surface area contributed by atoms with Crippen LogP contribution in [0, 0.1) is 5.41 Å². The normalized spacial score (nSPS) is 32.9. The summed E-state index contributed by atoms with van der Waals surface area (Å²) < 4.78 is 5.30. The number of nitrogens with two attached hydrogens (primary N) is 1. The predicted molar refractivity (Wildman–Crippen MR) is 59.8 cm³/mol. The molecule has 0 bridgehead atoms. The van der Waals surface area contributed by atoms with E-state index in [4.69, 9.17) is 21.0 Å². The van der Waals surface area contributed by atoms with Crippen molar-refractivity contribution in [3.05, 3.63) is 16.1 Å². The molecule has 1 aliphatic rings. The van der Waals surface area contributed by atoms with Crippen molar-refractivity contribution in [1.29, 1.82) is 5.41 Å². The molecule has 1 fully saturated rings. The van der Waals surface area contributed by atoms with Crippen molar-refractivity contribution < 1.29 is 20.1 Å². The van der Waals surface area contributed by atoms with Crippen LogP contribution in [0.2, 0.25) is 0 Å². The van der Waals surface area contributed by atoms with Crippen LogP contribution in [0.25, 0.3) is 0 Å². The van der Waals surface area contributed by atoms with Gasteiger partial charge < -0.3 is 25.8 Å². The zero-order valence-electron chi connectivity index (χ0n) is 8.78.